The quantitative estimate of drug-likeness (QED) is 0.437. The van der Waals surface area contributed by atoms with Gasteiger partial charge in [0, 0.05) is 34.1 Å². The molecule has 0 spiro atoms. The van der Waals surface area contributed by atoms with Crippen LogP contribution < -0.4 is 0 Å². The van der Waals surface area contributed by atoms with E-state index in [9.17, 15) is 0 Å². The second-order valence-corrected chi connectivity index (χ2v) is 0. The predicted molar refractivity (Wildman–Crippen MR) is 17.7 cm³/mol. The molecule has 0 radical (unpaired) electrons. The second kappa shape index (κ2) is 112. The Kier molecular flexibility index (Phi) is 1390. The van der Waals surface area contributed by atoms with Crippen LogP contribution in [0.4, 0.5) is 0 Å². The first-order valence-electron chi connectivity index (χ1n) is 0. The minimum atomic E-state index is 0. The van der Waals surface area contributed by atoms with Crippen LogP contribution in [0.5, 0.6) is 0 Å². The van der Waals surface area contributed by atoms with Crippen molar-refractivity contribution in [3.8, 4) is 0 Å². The third-order valence-corrected chi connectivity index (χ3v) is 0. The van der Waals surface area contributed by atoms with Crippen molar-refractivity contribution in [3.05, 3.63) is 0 Å². The van der Waals surface area contributed by atoms with E-state index in [-0.39, 0.29) is 201 Å². The summed E-state index contributed by atoms with van der Waals surface area (Å²) < 4.78 is 0. The van der Waals surface area contributed by atoms with Gasteiger partial charge in [0.05, 0.1) is 0 Å². The predicted octanol–water partition coefficient (Wildman–Crippen LogP) is -1.90. The molecule has 5 nitrogen and oxygen atoms in total. The van der Waals surface area contributed by atoms with Crippen LogP contribution in [-0.2, 0) is 98.6 Å². The Labute approximate surface area is 196 Å². The van der Waals surface area contributed by atoms with Crippen molar-refractivity contribution in [1.82, 2.24) is 0 Å². The van der Waals surface area contributed by atoms with Crippen LogP contribution in [0.2, 0.25) is 0 Å². The van der Waals surface area contributed by atoms with E-state index in [1.54, 1.807) is 0 Å². The molecule has 60 valence electrons. The third-order valence-electron chi connectivity index (χ3n) is 0. The molecule has 0 heterocycles. The van der Waals surface area contributed by atoms with Gasteiger partial charge in [0.15, 0.2) is 0 Å². The van der Waals surface area contributed by atoms with Gasteiger partial charge in [0.1, 0.15) is 0 Å². The summed E-state index contributed by atoms with van der Waals surface area (Å²) in [6.45, 7) is 0. The Balaban J connectivity index is 0. The maximum absolute atomic E-state index is 0. The standard InChI is InChI=1S/2Fe.2K.5O.2V.2H/q;;;;5*-2;2*+5;;. The van der Waals surface area contributed by atoms with Crippen LogP contribution in [0.15, 0.2) is 0 Å². The van der Waals surface area contributed by atoms with Crippen molar-refractivity contribution < 1.29 is 98.6 Å². The maximum Gasteiger partial charge on any atom is 5.00 e. The Morgan fingerprint density at radius 2 is 0.364 bits per heavy atom. The Bertz CT molecular complexity index is 20.4. The van der Waals surface area contributed by atoms with E-state index in [1.165, 1.54) is 0 Å². The van der Waals surface area contributed by atoms with Crippen molar-refractivity contribution >= 4 is 103 Å². The SMILES string of the molecule is [Fe].[Fe].[KH].[KH].[O-2].[O-2].[O-2].[O-2].[O-2].[V+5].[V+5]. The Morgan fingerprint density at radius 3 is 0.364 bits per heavy atom. The molecule has 0 atom stereocenters. The summed E-state index contributed by atoms with van der Waals surface area (Å²) >= 11 is 0. The average Bonchev–Trinajstić information content (AvgIpc) is 0. The van der Waals surface area contributed by atoms with E-state index in [0.29, 0.717) is 0 Å². The molecule has 0 saturated carbocycles. The van der Waals surface area contributed by atoms with Gasteiger partial charge in [-0.3, -0.25) is 0 Å². The number of rotatable bonds is 0. The molecule has 0 N–H and O–H groups in total. The molecule has 0 aliphatic heterocycles. The molecule has 11 heavy (non-hydrogen) atoms. The van der Waals surface area contributed by atoms with E-state index in [2.05, 4.69) is 0 Å². The zero-order valence-electron chi connectivity index (χ0n) is 3.64. The molecule has 0 aromatic rings. The first-order chi connectivity index (χ1) is 0. The van der Waals surface area contributed by atoms with Gasteiger partial charge in [-0.15, -0.1) is 0 Å². The minimum absolute atomic E-state index is 0. The van der Waals surface area contributed by atoms with E-state index in [1.807, 2.05) is 0 Å². The number of hydrogen-bond acceptors (Lipinski definition) is 0. The average molecular weight is 374 g/mol. The van der Waals surface area contributed by atoms with Gasteiger partial charge < -0.3 is 27.4 Å². The summed E-state index contributed by atoms with van der Waals surface area (Å²) in [4.78, 5) is 0. The molecule has 11 heteroatoms. The summed E-state index contributed by atoms with van der Waals surface area (Å²) in [5.41, 5.74) is 0. The molecule has 0 saturated heterocycles. The molecular weight excluding hydrogens is 372 g/mol. The summed E-state index contributed by atoms with van der Waals surface area (Å²) in [7, 11) is 0. The molecule has 0 bridgehead atoms. The zero-order valence-corrected chi connectivity index (χ0v) is 8.64. The topological polar surface area (TPSA) is 142 Å². The summed E-state index contributed by atoms with van der Waals surface area (Å²) in [6.07, 6.45) is 0. The van der Waals surface area contributed by atoms with Crippen LogP contribution in [0, 0.1) is 0 Å². The molecule has 0 aromatic carbocycles. The van der Waals surface area contributed by atoms with Crippen LogP contribution in [-0.4, -0.2) is 103 Å². The molecule has 0 aromatic heterocycles. The van der Waals surface area contributed by atoms with Gasteiger partial charge in [0.25, 0.3) is 0 Å². The summed E-state index contributed by atoms with van der Waals surface area (Å²) in [6, 6.07) is 0. The maximum atomic E-state index is 0. The molecule has 0 aliphatic carbocycles. The van der Waals surface area contributed by atoms with E-state index in [0.717, 1.165) is 0 Å². The van der Waals surface area contributed by atoms with Crippen molar-refractivity contribution in [2.24, 2.45) is 0 Å². The summed E-state index contributed by atoms with van der Waals surface area (Å²) in [5, 5.41) is 0. The van der Waals surface area contributed by atoms with Gasteiger partial charge >= 0.3 is 140 Å². The van der Waals surface area contributed by atoms with Gasteiger partial charge in [-0.05, 0) is 0 Å². The van der Waals surface area contributed by atoms with Crippen LogP contribution >= 0.6 is 0 Å². The Morgan fingerprint density at radius 1 is 0.364 bits per heavy atom. The van der Waals surface area contributed by atoms with Gasteiger partial charge in [0.2, 0.25) is 0 Å². The van der Waals surface area contributed by atoms with Crippen molar-refractivity contribution in [2.75, 3.05) is 0 Å². The summed E-state index contributed by atoms with van der Waals surface area (Å²) in [5.74, 6) is 0. The van der Waals surface area contributed by atoms with Crippen molar-refractivity contribution in [1.29, 1.82) is 0 Å². The van der Waals surface area contributed by atoms with Gasteiger partial charge in [-0.2, -0.15) is 0 Å². The number of hydrogen-bond donors (Lipinski definition) is 0. The van der Waals surface area contributed by atoms with Crippen LogP contribution in [0.25, 0.3) is 0 Å². The van der Waals surface area contributed by atoms with Crippen molar-refractivity contribution in [2.45, 2.75) is 0 Å². The molecular formula is H2Fe2K2O5V2. The smallest absolute Gasteiger partial charge is 2.00 e. The normalized spacial score (nSPS) is 0. The molecule has 0 fully saturated rings. The van der Waals surface area contributed by atoms with Crippen LogP contribution in [0.3, 0.4) is 0 Å². The third kappa shape index (κ3) is 96.7. The fraction of sp³-hybridized carbons (Fsp3) is 0. The van der Waals surface area contributed by atoms with Gasteiger partial charge in [-0.1, -0.05) is 0 Å². The van der Waals surface area contributed by atoms with E-state index in [4.69, 9.17) is 0 Å². The monoisotopic (exact) mass is 374 g/mol. The van der Waals surface area contributed by atoms with Crippen LogP contribution in [0.1, 0.15) is 0 Å². The molecule has 0 unspecified atom stereocenters. The largest absolute Gasteiger partial charge is 5.00 e. The zero-order chi connectivity index (χ0) is 0. The van der Waals surface area contributed by atoms with E-state index < -0.39 is 0 Å². The first-order valence-corrected chi connectivity index (χ1v) is 0. The van der Waals surface area contributed by atoms with E-state index >= 15 is 0 Å². The second-order valence-electron chi connectivity index (χ2n) is 0. The van der Waals surface area contributed by atoms with Gasteiger partial charge in [-0.25, -0.2) is 0 Å². The molecule has 0 rings (SSSR count). The molecule has 0 amide bonds. The Hall–Kier alpha value is 5.28. The molecule has 0 aliphatic rings. The fourth-order valence-corrected chi connectivity index (χ4v) is 0. The first kappa shape index (κ1) is 136. The van der Waals surface area contributed by atoms with Crippen molar-refractivity contribution in [3.63, 3.8) is 0 Å². The fourth-order valence-electron chi connectivity index (χ4n) is 0. The minimum Gasteiger partial charge on any atom is -2.00 e.